The first-order valence-corrected chi connectivity index (χ1v) is 9.03. The highest BCUT2D eigenvalue weighted by atomic mass is 16.6. The predicted molar refractivity (Wildman–Crippen MR) is 87.1 cm³/mol. The van der Waals surface area contributed by atoms with E-state index in [0.717, 1.165) is 5.57 Å². The Hall–Kier alpha value is -1.24. The summed E-state index contributed by atoms with van der Waals surface area (Å²) in [5.41, 5.74) is -1.09. The van der Waals surface area contributed by atoms with Crippen molar-refractivity contribution in [3.63, 3.8) is 0 Å². The summed E-state index contributed by atoms with van der Waals surface area (Å²) in [5.74, 6) is -2.38. The molecular formula is C19H26O6. The largest absolute Gasteiger partial charge is 0.459 e. The molecule has 3 aliphatic carbocycles. The number of carbonyl (C=O) groups is 2. The van der Waals surface area contributed by atoms with Gasteiger partial charge in [-0.25, -0.2) is 0 Å². The molecule has 138 valence electrons. The Labute approximate surface area is 146 Å². The van der Waals surface area contributed by atoms with Crippen molar-refractivity contribution in [2.24, 2.45) is 34.5 Å². The van der Waals surface area contributed by atoms with Crippen LogP contribution in [0.1, 0.15) is 34.1 Å². The Kier molecular flexibility index (Phi) is 3.39. The van der Waals surface area contributed by atoms with Crippen molar-refractivity contribution in [2.75, 3.05) is 0 Å². The minimum Gasteiger partial charge on any atom is -0.459 e. The maximum atomic E-state index is 12.5. The van der Waals surface area contributed by atoms with E-state index in [1.807, 2.05) is 27.7 Å². The maximum absolute atomic E-state index is 12.5. The van der Waals surface area contributed by atoms with Gasteiger partial charge >= 0.3 is 5.97 Å². The Morgan fingerprint density at radius 2 is 1.80 bits per heavy atom. The van der Waals surface area contributed by atoms with Gasteiger partial charge in [0.15, 0.2) is 5.78 Å². The third-order valence-corrected chi connectivity index (χ3v) is 7.94. The second-order valence-electron chi connectivity index (χ2n) is 8.94. The van der Waals surface area contributed by atoms with Crippen molar-refractivity contribution in [2.45, 2.75) is 58.5 Å². The van der Waals surface area contributed by atoms with Gasteiger partial charge in [0.1, 0.15) is 12.2 Å². The van der Waals surface area contributed by atoms with Crippen LogP contribution in [-0.4, -0.2) is 51.5 Å². The number of hydrogen-bond acceptors (Lipinski definition) is 6. The van der Waals surface area contributed by atoms with Gasteiger partial charge in [-0.05, 0) is 25.3 Å². The van der Waals surface area contributed by atoms with Gasteiger partial charge in [-0.15, -0.1) is 0 Å². The number of aliphatic hydroxyl groups is 3. The van der Waals surface area contributed by atoms with Crippen LogP contribution in [0.3, 0.4) is 0 Å². The third-order valence-electron chi connectivity index (χ3n) is 7.94. The summed E-state index contributed by atoms with van der Waals surface area (Å²) in [6.07, 6.45) is -1.99. The number of allylic oxidation sites excluding steroid dienone is 1. The smallest absolute Gasteiger partial charge is 0.310 e. The van der Waals surface area contributed by atoms with E-state index in [9.17, 15) is 24.9 Å². The average molecular weight is 350 g/mol. The molecule has 0 spiro atoms. The van der Waals surface area contributed by atoms with Crippen LogP contribution in [0.25, 0.3) is 0 Å². The van der Waals surface area contributed by atoms with Crippen molar-refractivity contribution >= 4 is 11.8 Å². The number of aliphatic hydroxyl groups excluding tert-OH is 3. The molecule has 2 bridgehead atoms. The molecule has 0 radical (unpaired) electrons. The highest BCUT2D eigenvalue weighted by Crippen LogP contribution is 2.67. The maximum Gasteiger partial charge on any atom is 0.310 e. The normalized spacial score (nSPS) is 57.5. The summed E-state index contributed by atoms with van der Waals surface area (Å²) >= 11 is 0. The molecule has 1 aliphatic heterocycles. The lowest BCUT2D eigenvalue weighted by Crippen LogP contribution is -2.71. The molecular weight excluding hydrogens is 324 g/mol. The number of hydrogen-bond donors (Lipinski definition) is 3. The molecule has 0 unspecified atom stereocenters. The van der Waals surface area contributed by atoms with Crippen LogP contribution < -0.4 is 0 Å². The highest BCUT2D eigenvalue weighted by molar-refractivity contribution is 5.96. The van der Waals surface area contributed by atoms with Gasteiger partial charge in [0.2, 0.25) is 0 Å². The minimum atomic E-state index is -1.27. The van der Waals surface area contributed by atoms with Crippen LogP contribution in [0.2, 0.25) is 0 Å². The zero-order chi connectivity index (χ0) is 18.5. The van der Waals surface area contributed by atoms with Gasteiger partial charge in [0, 0.05) is 22.7 Å². The fraction of sp³-hybridized carbons (Fsp3) is 0.789. The van der Waals surface area contributed by atoms with Crippen molar-refractivity contribution in [3.05, 3.63) is 11.6 Å². The molecule has 0 aromatic carbocycles. The molecule has 0 aromatic heterocycles. The summed E-state index contributed by atoms with van der Waals surface area (Å²) in [6.45, 7) is 7.31. The van der Waals surface area contributed by atoms with Gasteiger partial charge in [-0.2, -0.15) is 0 Å². The molecule has 4 aliphatic rings. The number of fused-ring (bicyclic) bond motifs is 6. The SMILES string of the molecule is CC1=CC(=O)[C@H](O)[C@@]2(C)[C@H]3[C@@H](O)[C@H]4OC(=O)[C@H]([C@H]4C)[C@]3(C)[C@@H](O)C[C@H]12. The third kappa shape index (κ3) is 1.76. The standard InChI is InChI=1S/C19H26O6/c1-7-5-10(20)16(23)18(3)9(7)6-11(21)19(4)12-8(2)14(25-17(12)24)13(22)15(18)19/h5,8-9,11-16,21-23H,6H2,1-4H3/t8-,9-,11+,12+,13+,14+,15-,16+,18-,19+/m1/s1. The van der Waals surface area contributed by atoms with E-state index >= 15 is 0 Å². The number of ketones is 1. The molecule has 1 saturated heterocycles. The van der Waals surface area contributed by atoms with Crippen molar-refractivity contribution in [3.8, 4) is 0 Å². The van der Waals surface area contributed by atoms with Gasteiger partial charge in [0.25, 0.3) is 0 Å². The van der Waals surface area contributed by atoms with Gasteiger partial charge in [0.05, 0.1) is 18.1 Å². The van der Waals surface area contributed by atoms with Gasteiger partial charge in [-0.3, -0.25) is 9.59 Å². The fourth-order valence-electron chi connectivity index (χ4n) is 6.82. The zero-order valence-corrected chi connectivity index (χ0v) is 15.0. The lowest BCUT2D eigenvalue weighted by Gasteiger charge is -2.64. The summed E-state index contributed by atoms with van der Waals surface area (Å²) in [5, 5.41) is 33.0. The zero-order valence-electron chi connectivity index (χ0n) is 15.0. The molecule has 0 amide bonds. The first kappa shape index (κ1) is 17.2. The molecule has 6 nitrogen and oxygen atoms in total. The number of ether oxygens (including phenoxy) is 1. The number of carbonyl (C=O) groups excluding carboxylic acids is 2. The summed E-state index contributed by atoms with van der Waals surface area (Å²) in [4.78, 5) is 24.9. The van der Waals surface area contributed by atoms with E-state index in [1.165, 1.54) is 6.08 Å². The second-order valence-corrected chi connectivity index (χ2v) is 8.94. The summed E-state index contributed by atoms with van der Waals surface area (Å²) in [6, 6.07) is 0. The first-order valence-electron chi connectivity index (χ1n) is 9.03. The van der Waals surface area contributed by atoms with Crippen LogP contribution >= 0.6 is 0 Å². The first-order chi connectivity index (χ1) is 11.6. The monoisotopic (exact) mass is 350 g/mol. The van der Waals surface area contributed by atoms with E-state index in [4.69, 9.17) is 4.74 Å². The second kappa shape index (κ2) is 4.93. The van der Waals surface area contributed by atoms with E-state index in [1.54, 1.807) is 0 Å². The Bertz CT molecular complexity index is 685. The van der Waals surface area contributed by atoms with Crippen LogP contribution in [0.15, 0.2) is 11.6 Å². The minimum absolute atomic E-state index is 0.216. The molecule has 10 atom stereocenters. The quantitative estimate of drug-likeness (QED) is 0.548. The Morgan fingerprint density at radius 3 is 2.44 bits per heavy atom. The number of rotatable bonds is 0. The lowest BCUT2D eigenvalue weighted by molar-refractivity contribution is -0.243. The predicted octanol–water partition coefficient (Wildman–Crippen LogP) is 0.438. The van der Waals surface area contributed by atoms with Gasteiger partial charge in [-0.1, -0.05) is 26.3 Å². The molecule has 4 rings (SSSR count). The summed E-state index contributed by atoms with van der Waals surface area (Å²) in [7, 11) is 0. The Morgan fingerprint density at radius 1 is 1.16 bits per heavy atom. The molecule has 0 aromatic rings. The van der Waals surface area contributed by atoms with Crippen LogP contribution in [0.5, 0.6) is 0 Å². The molecule has 25 heavy (non-hydrogen) atoms. The van der Waals surface area contributed by atoms with E-state index in [0.29, 0.717) is 6.42 Å². The highest BCUT2D eigenvalue weighted by Gasteiger charge is 2.74. The van der Waals surface area contributed by atoms with E-state index in [-0.39, 0.29) is 17.6 Å². The van der Waals surface area contributed by atoms with E-state index < -0.39 is 53.1 Å². The summed E-state index contributed by atoms with van der Waals surface area (Å²) < 4.78 is 5.45. The molecule has 1 heterocycles. The topological polar surface area (TPSA) is 104 Å². The molecule has 3 fully saturated rings. The van der Waals surface area contributed by atoms with Crippen molar-refractivity contribution in [1.82, 2.24) is 0 Å². The molecule has 3 N–H and O–H groups in total. The molecule has 6 heteroatoms. The lowest BCUT2D eigenvalue weighted by atomic mass is 9.39. The van der Waals surface area contributed by atoms with Crippen LogP contribution in [0, 0.1) is 34.5 Å². The van der Waals surface area contributed by atoms with E-state index in [2.05, 4.69) is 0 Å². The Balaban J connectivity index is 1.94. The van der Waals surface area contributed by atoms with Crippen molar-refractivity contribution in [1.29, 1.82) is 0 Å². The van der Waals surface area contributed by atoms with Crippen LogP contribution in [0.4, 0.5) is 0 Å². The average Bonchev–Trinajstić information content (AvgIpc) is 2.78. The number of esters is 1. The fourth-order valence-corrected chi connectivity index (χ4v) is 6.82. The van der Waals surface area contributed by atoms with Crippen molar-refractivity contribution < 1.29 is 29.6 Å². The van der Waals surface area contributed by atoms with Crippen LogP contribution in [-0.2, 0) is 14.3 Å². The van der Waals surface area contributed by atoms with Gasteiger partial charge < -0.3 is 20.1 Å². The molecule has 2 saturated carbocycles.